The van der Waals surface area contributed by atoms with Gasteiger partial charge in [-0.2, -0.15) is 0 Å². The highest BCUT2D eigenvalue weighted by Gasteiger charge is 2.43. The summed E-state index contributed by atoms with van der Waals surface area (Å²) >= 11 is 0. The second-order valence-electron chi connectivity index (χ2n) is 4.75. The number of rotatable bonds is 0. The molecule has 0 aliphatic carbocycles. The molecule has 14 heavy (non-hydrogen) atoms. The van der Waals surface area contributed by atoms with Crippen molar-refractivity contribution in [1.82, 2.24) is 4.90 Å². The van der Waals surface area contributed by atoms with Crippen molar-refractivity contribution in [2.75, 3.05) is 13.1 Å². The molecule has 3 nitrogen and oxygen atoms in total. The average Bonchev–Trinajstić information content (AvgIpc) is 1.77. The van der Waals surface area contributed by atoms with E-state index in [4.69, 9.17) is 4.74 Å². The predicted molar refractivity (Wildman–Crippen MR) is 54.1 cm³/mol. The quantitative estimate of drug-likeness (QED) is 0.608. The minimum atomic E-state index is -1.23. The SMILES string of the molecule is C.CC1(F)CN(C(=O)OC(C)(C)C)C1. The molecule has 1 amide bonds. The third-order valence-corrected chi connectivity index (χ3v) is 1.69. The molecule has 1 saturated heterocycles. The summed E-state index contributed by atoms with van der Waals surface area (Å²) in [5.41, 5.74) is -1.73. The topological polar surface area (TPSA) is 29.5 Å². The lowest BCUT2D eigenvalue weighted by Gasteiger charge is -2.42. The Labute approximate surface area is 85.2 Å². The number of hydrogen-bond acceptors (Lipinski definition) is 2. The second-order valence-corrected chi connectivity index (χ2v) is 4.75. The third kappa shape index (κ3) is 3.52. The zero-order valence-corrected chi connectivity index (χ0v) is 8.56. The molecule has 1 heterocycles. The maximum absolute atomic E-state index is 13.0. The van der Waals surface area contributed by atoms with Gasteiger partial charge in [0.1, 0.15) is 11.3 Å². The van der Waals surface area contributed by atoms with Gasteiger partial charge in [0.05, 0.1) is 13.1 Å². The van der Waals surface area contributed by atoms with E-state index in [2.05, 4.69) is 0 Å². The molecular weight excluding hydrogens is 185 g/mol. The first kappa shape index (κ1) is 13.2. The van der Waals surface area contributed by atoms with Crippen molar-refractivity contribution in [3.8, 4) is 0 Å². The molecule has 1 fully saturated rings. The first-order valence-electron chi connectivity index (χ1n) is 4.36. The fraction of sp³-hybridized carbons (Fsp3) is 0.900. The molecule has 0 unspecified atom stereocenters. The summed E-state index contributed by atoms with van der Waals surface area (Å²) in [7, 11) is 0. The van der Waals surface area contributed by atoms with Gasteiger partial charge in [-0.15, -0.1) is 0 Å². The molecule has 0 aromatic rings. The van der Waals surface area contributed by atoms with Crippen molar-refractivity contribution in [2.24, 2.45) is 0 Å². The lowest BCUT2D eigenvalue weighted by atomic mass is 10.0. The van der Waals surface area contributed by atoms with E-state index in [1.807, 2.05) is 0 Å². The van der Waals surface area contributed by atoms with Crippen molar-refractivity contribution in [2.45, 2.75) is 46.4 Å². The highest BCUT2D eigenvalue weighted by Crippen LogP contribution is 2.25. The van der Waals surface area contributed by atoms with Gasteiger partial charge >= 0.3 is 6.09 Å². The van der Waals surface area contributed by atoms with Crippen LogP contribution in [0.2, 0.25) is 0 Å². The van der Waals surface area contributed by atoms with Crippen molar-refractivity contribution in [3.63, 3.8) is 0 Å². The molecule has 84 valence electrons. The molecule has 0 N–H and O–H groups in total. The van der Waals surface area contributed by atoms with E-state index in [9.17, 15) is 9.18 Å². The number of likely N-dealkylation sites (tertiary alicyclic amines) is 1. The van der Waals surface area contributed by atoms with Crippen LogP contribution in [0, 0.1) is 0 Å². The van der Waals surface area contributed by atoms with Crippen LogP contribution in [0.25, 0.3) is 0 Å². The van der Waals surface area contributed by atoms with Gasteiger partial charge in [-0.05, 0) is 27.7 Å². The van der Waals surface area contributed by atoms with Crippen LogP contribution < -0.4 is 0 Å². The Morgan fingerprint density at radius 1 is 1.43 bits per heavy atom. The maximum atomic E-state index is 13.0. The summed E-state index contributed by atoms with van der Waals surface area (Å²) in [4.78, 5) is 12.6. The largest absolute Gasteiger partial charge is 0.444 e. The molecular formula is C10H20FNO2. The molecule has 1 aliphatic heterocycles. The molecule has 0 radical (unpaired) electrons. The molecule has 1 rings (SSSR count). The number of halogens is 1. The number of hydrogen-bond donors (Lipinski definition) is 0. The standard InChI is InChI=1S/C9H16FNO2.CH4/c1-8(2,3)13-7(12)11-5-9(4,10)6-11;/h5-6H2,1-4H3;1H4. The van der Waals surface area contributed by atoms with Crippen LogP contribution in [0.5, 0.6) is 0 Å². The number of nitrogens with zero attached hydrogens (tertiary/aromatic N) is 1. The zero-order valence-electron chi connectivity index (χ0n) is 8.56. The second kappa shape index (κ2) is 3.75. The number of alkyl halides is 1. The highest BCUT2D eigenvalue weighted by molar-refractivity contribution is 5.69. The summed E-state index contributed by atoms with van der Waals surface area (Å²) in [5, 5.41) is 0. The smallest absolute Gasteiger partial charge is 0.410 e. The van der Waals surface area contributed by atoms with Crippen molar-refractivity contribution < 1.29 is 13.9 Å². The Morgan fingerprint density at radius 3 is 2.14 bits per heavy atom. The van der Waals surface area contributed by atoms with Gasteiger partial charge in [0.25, 0.3) is 0 Å². The molecule has 0 spiro atoms. The van der Waals surface area contributed by atoms with Crippen LogP contribution in [0.4, 0.5) is 9.18 Å². The number of amides is 1. The molecule has 0 saturated carbocycles. The van der Waals surface area contributed by atoms with Crippen LogP contribution >= 0.6 is 0 Å². The van der Waals surface area contributed by atoms with Gasteiger partial charge < -0.3 is 9.64 Å². The third-order valence-electron chi connectivity index (χ3n) is 1.69. The lowest BCUT2D eigenvalue weighted by Crippen LogP contribution is -2.60. The number of ether oxygens (including phenoxy) is 1. The average molecular weight is 205 g/mol. The molecule has 0 bridgehead atoms. The Kier molecular flexibility index (Phi) is 3.54. The minimum absolute atomic E-state index is 0. The van der Waals surface area contributed by atoms with Crippen LogP contribution in [0.1, 0.15) is 35.1 Å². The summed E-state index contributed by atoms with van der Waals surface area (Å²) in [6, 6.07) is 0. The first-order chi connectivity index (χ1) is 5.70. The van der Waals surface area contributed by atoms with E-state index in [0.717, 1.165) is 0 Å². The van der Waals surface area contributed by atoms with E-state index >= 15 is 0 Å². The van der Waals surface area contributed by atoms with Gasteiger partial charge in [0.2, 0.25) is 0 Å². The fourth-order valence-corrected chi connectivity index (χ4v) is 1.21. The zero-order chi connectivity index (χ0) is 10.3. The summed E-state index contributed by atoms with van der Waals surface area (Å²) in [6.07, 6.45) is -0.428. The Balaban J connectivity index is 0.00000169. The van der Waals surface area contributed by atoms with Crippen LogP contribution in [0.3, 0.4) is 0 Å². The monoisotopic (exact) mass is 205 g/mol. The Hall–Kier alpha value is -0.800. The van der Waals surface area contributed by atoms with Gasteiger partial charge in [0.15, 0.2) is 0 Å². The van der Waals surface area contributed by atoms with E-state index in [1.165, 1.54) is 11.8 Å². The fourth-order valence-electron chi connectivity index (χ4n) is 1.21. The molecule has 0 aromatic heterocycles. The summed E-state index contributed by atoms with van der Waals surface area (Å²) < 4.78 is 18.1. The van der Waals surface area contributed by atoms with Gasteiger partial charge in [0, 0.05) is 0 Å². The molecule has 0 aromatic carbocycles. The summed E-state index contributed by atoms with van der Waals surface area (Å²) in [6.45, 7) is 7.13. The van der Waals surface area contributed by atoms with Crippen LogP contribution in [-0.2, 0) is 4.74 Å². The molecule has 0 atom stereocenters. The van der Waals surface area contributed by atoms with E-state index < -0.39 is 17.4 Å². The van der Waals surface area contributed by atoms with E-state index in [0.29, 0.717) is 0 Å². The van der Waals surface area contributed by atoms with Crippen LogP contribution in [0.15, 0.2) is 0 Å². The first-order valence-corrected chi connectivity index (χ1v) is 4.36. The van der Waals surface area contributed by atoms with Crippen LogP contribution in [-0.4, -0.2) is 35.4 Å². The van der Waals surface area contributed by atoms with Gasteiger partial charge in [-0.25, -0.2) is 9.18 Å². The lowest BCUT2D eigenvalue weighted by molar-refractivity contribution is -0.0422. The van der Waals surface area contributed by atoms with Gasteiger partial charge in [-0.3, -0.25) is 0 Å². The van der Waals surface area contributed by atoms with Crippen molar-refractivity contribution in [3.05, 3.63) is 0 Å². The summed E-state index contributed by atoms with van der Waals surface area (Å²) in [5.74, 6) is 0. The predicted octanol–water partition coefficient (Wildman–Crippen LogP) is 2.60. The Bertz CT molecular complexity index is 213. The van der Waals surface area contributed by atoms with E-state index in [1.54, 1.807) is 20.8 Å². The van der Waals surface area contributed by atoms with E-state index in [-0.39, 0.29) is 20.5 Å². The van der Waals surface area contributed by atoms with Crippen molar-refractivity contribution in [1.29, 1.82) is 0 Å². The van der Waals surface area contributed by atoms with Gasteiger partial charge in [-0.1, -0.05) is 7.43 Å². The normalized spacial score (nSPS) is 19.4. The highest BCUT2D eigenvalue weighted by atomic mass is 19.1. The molecule has 1 aliphatic rings. The van der Waals surface area contributed by atoms with Crippen molar-refractivity contribution >= 4 is 6.09 Å². The Morgan fingerprint density at radius 2 is 1.86 bits per heavy atom. The number of carbonyl (C=O) groups excluding carboxylic acids is 1. The molecule has 4 heteroatoms. The maximum Gasteiger partial charge on any atom is 0.410 e. The number of carbonyl (C=O) groups is 1. The minimum Gasteiger partial charge on any atom is -0.444 e.